The second-order valence-corrected chi connectivity index (χ2v) is 4.90. The van der Waals surface area contributed by atoms with E-state index in [9.17, 15) is 18.0 Å². The minimum absolute atomic E-state index is 0.312. The van der Waals surface area contributed by atoms with Crippen LogP contribution in [0.4, 0.5) is 18.0 Å². The van der Waals surface area contributed by atoms with Crippen molar-refractivity contribution in [2.75, 3.05) is 0 Å². The van der Waals surface area contributed by atoms with E-state index in [-0.39, 0.29) is 18.5 Å². The number of aromatic nitrogens is 4. The maximum atomic E-state index is 12.3. The summed E-state index contributed by atoms with van der Waals surface area (Å²) in [6.45, 7) is 3.26. The van der Waals surface area contributed by atoms with Gasteiger partial charge in [-0.15, -0.1) is 0 Å². The molecule has 0 aliphatic rings. The Hall–Kier alpha value is -2.59. The summed E-state index contributed by atoms with van der Waals surface area (Å²) < 4.78 is 43.0. The number of nitrogens with zero attached hydrogens (tertiary/aromatic N) is 4. The van der Waals surface area contributed by atoms with Crippen LogP contribution in [0.1, 0.15) is 35.9 Å². The highest BCUT2D eigenvalue weighted by Gasteiger charge is 2.37. The van der Waals surface area contributed by atoms with Crippen LogP contribution in [0.3, 0.4) is 0 Å². The molecule has 11 heteroatoms. The van der Waals surface area contributed by atoms with E-state index in [1.165, 1.54) is 0 Å². The van der Waals surface area contributed by atoms with E-state index >= 15 is 0 Å². The average molecular weight is 332 g/mol. The fourth-order valence-electron chi connectivity index (χ4n) is 1.97. The Morgan fingerprint density at radius 1 is 1.48 bits per heavy atom. The quantitative estimate of drug-likeness (QED) is 0.888. The molecule has 1 unspecified atom stereocenters. The average Bonchev–Trinajstić information content (AvgIpc) is 3.02. The van der Waals surface area contributed by atoms with Crippen LogP contribution >= 0.6 is 0 Å². The van der Waals surface area contributed by atoms with Gasteiger partial charge in [0, 0.05) is 18.8 Å². The van der Waals surface area contributed by atoms with E-state index in [1.54, 1.807) is 24.9 Å². The smallest absolute Gasteiger partial charge is 0.337 e. The second kappa shape index (κ2) is 6.26. The number of halogens is 3. The van der Waals surface area contributed by atoms with Gasteiger partial charge < -0.3 is 15.2 Å². The lowest BCUT2D eigenvalue weighted by Gasteiger charge is -2.13. The number of hydrogen-bond acceptors (Lipinski definition) is 5. The molecule has 23 heavy (non-hydrogen) atoms. The molecular weight excluding hydrogens is 317 g/mol. The van der Waals surface area contributed by atoms with Crippen LogP contribution < -0.4 is 10.6 Å². The Labute approximate surface area is 129 Å². The van der Waals surface area contributed by atoms with E-state index in [2.05, 4.69) is 30.4 Å². The third-order valence-electron chi connectivity index (χ3n) is 2.99. The molecule has 126 valence electrons. The standard InChI is InChI=1S/C12H15F3N6O2/c1-6(8-5-21(3)19-7(8)2)17-11(22)16-4-9-18-10(20-23-9)12(13,14)15/h5-6H,4H2,1-3H3,(H2,16,17,22). The molecule has 0 aromatic carbocycles. The predicted molar refractivity (Wildman–Crippen MR) is 71.0 cm³/mol. The first-order valence-corrected chi connectivity index (χ1v) is 6.61. The van der Waals surface area contributed by atoms with Gasteiger partial charge in [-0.3, -0.25) is 4.68 Å². The minimum atomic E-state index is -4.68. The Balaban J connectivity index is 1.88. The Kier molecular flexibility index (Phi) is 4.57. The lowest BCUT2D eigenvalue weighted by atomic mass is 10.1. The maximum Gasteiger partial charge on any atom is 0.455 e. The summed E-state index contributed by atoms with van der Waals surface area (Å²) in [5.74, 6) is -1.72. The fraction of sp³-hybridized carbons (Fsp3) is 0.500. The van der Waals surface area contributed by atoms with Gasteiger partial charge >= 0.3 is 12.2 Å². The summed E-state index contributed by atoms with van der Waals surface area (Å²) in [6, 6.07) is -0.898. The molecule has 2 amide bonds. The monoisotopic (exact) mass is 332 g/mol. The van der Waals surface area contributed by atoms with Gasteiger partial charge in [0.1, 0.15) is 0 Å². The van der Waals surface area contributed by atoms with Gasteiger partial charge in [-0.05, 0) is 13.8 Å². The van der Waals surface area contributed by atoms with Crippen molar-refractivity contribution in [2.45, 2.75) is 32.6 Å². The molecule has 2 aromatic rings. The molecule has 0 bridgehead atoms. The molecule has 2 heterocycles. The molecule has 2 aromatic heterocycles. The van der Waals surface area contributed by atoms with Gasteiger partial charge in [0.2, 0.25) is 5.89 Å². The topological polar surface area (TPSA) is 97.9 Å². The molecule has 0 aliphatic heterocycles. The van der Waals surface area contributed by atoms with E-state index in [4.69, 9.17) is 0 Å². The van der Waals surface area contributed by atoms with Crippen molar-refractivity contribution in [2.24, 2.45) is 7.05 Å². The molecule has 0 saturated carbocycles. The summed E-state index contributed by atoms with van der Waals surface area (Å²) in [5.41, 5.74) is 1.60. The fourth-order valence-corrected chi connectivity index (χ4v) is 1.97. The Morgan fingerprint density at radius 3 is 2.70 bits per heavy atom. The summed E-state index contributed by atoms with van der Waals surface area (Å²) in [6.07, 6.45) is -2.91. The predicted octanol–water partition coefficient (Wildman–Crippen LogP) is 1.69. The van der Waals surface area contributed by atoms with E-state index in [1.807, 2.05) is 6.92 Å². The van der Waals surface area contributed by atoms with Crippen LogP contribution in [0.2, 0.25) is 0 Å². The van der Waals surface area contributed by atoms with Crippen molar-refractivity contribution in [3.8, 4) is 0 Å². The van der Waals surface area contributed by atoms with Crippen molar-refractivity contribution in [1.82, 2.24) is 30.6 Å². The first-order chi connectivity index (χ1) is 10.7. The first-order valence-electron chi connectivity index (χ1n) is 6.61. The van der Waals surface area contributed by atoms with Crippen molar-refractivity contribution in [3.63, 3.8) is 0 Å². The highest BCUT2D eigenvalue weighted by molar-refractivity contribution is 5.74. The molecule has 8 nitrogen and oxygen atoms in total. The molecular formula is C12H15F3N6O2. The number of carbonyl (C=O) groups excluding carboxylic acids is 1. The second-order valence-electron chi connectivity index (χ2n) is 4.90. The molecule has 0 fully saturated rings. The third kappa shape index (κ3) is 4.20. The third-order valence-corrected chi connectivity index (χ3v) is 2.99. The van der Waals surface area contributed by atoms with Crippen LogP contribution in [-0.2, 0) is 19.8 Å². The van der Waals surface area contributed by atoms with E-state index < -0.39 is 18.0 Å². The number of alkyl halides is 3. The first kappa shape index (κ1) is 16.8. The highest BCUT2D eigenvalue weighted by atomic mass is 19.4. The van der Waals surface area contributed by atoms with Gasteiger partial charge in [0.25, 0.3) is 5.82 Å². The van der Waals surface area contributed by atoms with Crippen molar-refractivity contribution < 1.29 is 22.5 Å². The normalized spacial score (nSPS) is 13.0. The largest absolute Gasteiger partial charge is 0.455 e. The van der Waals surface area contributed by atoms with Crippen molar-refractivity contribution in [1.29, 1.82) is 0 Å². The molecule has 0 spiro atoms. The molecule has 2 rings (SSSR count). The lowest BCUT2D eigenvalue weighted by molar-refractivity contribution is -0.146. The zero-order valence-electron chi connectivity index (χ0n) is 12.6. The molecule has 2 N–H and O–H groups in total. The molecule has 1 atom stereocenters. The maximum absolute atomic E-state index is 12.3. The van der Waals surface area contributed by atoms with E-state index in [0.717, 1.165) is 11.3 Å². The Bertz CT molecular complexity index is 693. The number of aryl methyl sites for hydroxylation is 2. The van der Waals surface area contributed by atoms with Crippen LogP contribution in [0.5, 0.6) is 0 Å². The van der Waals surface area contributed by atoms with Crippen molar-refractivity contribution in [3.05, 3.63) is 29.2 Å². The molecule has 0 saturated heterocycles. The number of carbonyl (C=O) groups is 1. The zero-order chi connectivity index (χ0) is 17.2. The minimum Gasteiger partial charge on any atom is -0.337 e. The number of nitrogens with one attached hydrogen (secondary N) is 2. The van der Waals surface area contributed by atoms with Crippen molar-refractivity contribution >= 4 is 6.03 Å². The van der Waals surface area contributed by atoms with Crippen LogP contribution in [0.15, 0.2) is 10.7 Å². The summed E-state index contributed by atoms with van der Waals surface area (Å²) in [5, 5.41) is 12.0. The Morgan fingerprint density at radius 2 is 2.17 bits per heavy atom. The molecule has 0 aliphatic carbocycles. The summed E-state index contributed by atoms with van der Waals surface area (Å²) in [7, 11) is 1.76. The summed E-state index contributed by atoms with van der Waals surface area (Å²) >= 11 is 0. The lowest BCUT2D eigenvalue weighted by Crippen LogP contribution is -2.36. The van der Waals surface area contributed by atoms with E-state index in [0.29, 0.717) is 0 Å². The number of urea groups is 1. The van der Waals surface area contributed by atoms with Gasteiger partial charge in [0.15, 0.2) is 0 Å². The van der Waals surface area contributed by atoms with Crippen LogP contribution in [0, 0.1) is 6.92 Å². The SMILES string of the molecule is Cc1nn(C)cc1C(C)NC(=O)NCc1nc(C(F)(F)F)no1. The zero-order valence-corrected chi connectivity index (χ0v) is 12.6. The van der Waals surface area contributed by atoms with Gasteiger partial charge in [-0.2, -0.15) is 23.3 Å². The molecule has 0 radical (unpaired) electrons. The number of hydrogen-bond donors (Lipinski definition) is 2. The summed E-state index contributed by atoms with van der Waals surface area (Å²) in [4.78, 5) is 14.9. The van der Waals surface area contributed by atoms with Gasteiger partial charge in [0.05, 0.1) is 18.3 Å². The van der Waals surface area contributed by atoms with Gasteiger partial charge in [-0.1, -0.05) is 5.16 Å². The van der Waals surface area contributed by atoms with Crippen LogP contribution in [0.25, 0.3) is 0 Å². The number of rotatable bonds is 4. The van der Waals surface area contributed by atoms with Crippen LogP contribution in [-0.4, -0.2) is 26.0 Å². The van der Waals surface area contributed by atoms with Gasteiger partial charge in [-0.25, -0.2) is 4.79 Å². The highest BCUT2D eigenvalue weighted by Crippen LogP contribution is 2.26. The number of amides is 2.